The normalized spacial score (nSPS) is 17.0. The van der Waals surface area contributed by atoms with Crippen molar-refractivity contribution in [1.82, 2.24) is 5.32 Å². The number of nitrogens with one attached hydrogen (secondary N) is 1. The Bertz CT molecular complexity index is 367. The van der Waals surface area contributed by atoms with Crippen LogP contribution in [0.15, 0.2) is 35.3 Å². The van der Waals surface area contributed by atoms with Crippen molar-refractivity contribution in [3.05, 3.63) is 35.9 Å². The molecule has 0 spiro atoms. The van der Waals surface area contributed by atoms with Gasteiger partial charge in [0, 0.05) is 12.6 Å². The third-order valence-corrected chi connectivity index (χ3v) is 3.46. The lowest BCUT2D eigenvalue weighted by Crippen LogP contribution is -2.38. The number of aryl methyl sites for hydroxylation is 1. The van der Waals surface area contributed by atoms with Gasteiger partial charge in [-0.25, -0.2) is 0 Å². The van der Waals surface area contributed by atoms with Gasteiger partial charge in [0.2, 0.25) is 0 Å². The fraction of sp³-hybridized carbons (Fsp3) is 0.533. The number of nitrogens with zero attached hydrogens (tertiary/aromatic N) is 1. The molecule has 1 aromatic carbocycles. The third-order valence-electron chi connectivity index (χ3n) is 3.46. The van der Waals surface area contributed by atoms with Crippen LogP contribution in [0.4, 0.5) is 0 Å². The molecule has 0 aliphatic heterocycles. The van der Waals surface area contributed by atoms with Crippen LogP contribution in [0.1, 0.15) is 37.7 Å². The summed E-state index contributed by atoms with van der Waals surface area (Å²) < 4.78 is 0. The Balaban J connectivity index is 1.64. The van der Waals surface area contributed by atoms with Gasteiger partial charge in [0.25, 0.3) is 0 Å². The molecule has 1 aromatic rings. The third kappa shape index (κ3) is 4.40. The van der Waals surface area contributed by atoms with Gasteiger partial charge in [0.05, 0.1) is 0 Å². The molecule has 2 rings (SSSR count). The van der Waals surface area contributed by atoms with Crippen LogP contribution in [0.2, 0.25) is 0 Å². The van der Waals surface area contributed by atoms with Crippen LogP contribution in [0, 0.1) is 0 Å². The van der Waals surface area contributed by atoms with Crippen LogP contribution in [-0.2, 0) is 6.42 Å². The van der Waals surface area contributed by atoms with E-state index in [2.05, 4.69) is 34.6 Å². The molecule has 3 heteroatoms. The molecule has 1 fully saturated rings. The maximum absolute atomic E-state index is 5.87. The zero-order chi connectivity index (χ0) is 12.6. The summed E-state index contributed by atoms with van der Waals surface area (Å²) in [7, 11) is 0. The Kier molecular flexibility index (Phi) is 5.06. The van der Waals surface area contributed by atoms with Crippen LogP contribution in [-0.4, -0.2) is 18.5 Å². The van der Waals surface area contributed by atoms with Crippen LogP contribution in [0.25, 0.3) is 0 Å². The zero-order valence-electron chi connectivity index (χ0n) is 10.9. The molecule has 1 saturated carbocycles. The molecule has 0 aromatic heterocycles. The summed E-state index contributed by atoms with van der Waals surface area (Å²) >= 11 is 0. The summed E-state index contributed by atoms with van der Waals surface area (Å²) in [5.74, 6) is 0.620. The molecule has 1 aliphatic rings. The van der Waals surface area contributed by atoms with Gasteiger partial charge in [-0.15, -0.1) is 0 Å². The number of nitrogens with two attached hydrogens (primary N) is 1. The van der Waals surface area contributed by atoms with Crippen molar-refractivity contribution in [1.29, 1.82) is 0 Å². The molecular formula is C15H23N3. The lowest BCUT2D eigenvalue weighted by molar-refractivity contribution is 0.624. The maximum atomic E-state index is 5.87. The minimum absolute atomic E-state index is 0.558. The first-order valence-corrected chi connectivity index (χ1v) is 6.95. The minimum Gasteiger partial charge on any atom is -0.370 e. The van der Waals surface area contributed by atoms with Gasteiger partial charge in [-0.2, -0.15) is 0 Å². The second kappa shape index (κ2) is 7.04. The van der Waals surface area contributed by atoms with E-state index < -0.39 is 0 Å². The Labute approximate surface area is 109 Å². The predicted molar refractivity (Wildman–Crippen MR) is 76.6 cm³/mol. The molecular weight excluding hydrogens is 222 g/mol. The summed E-state index contributed by atoms with van der Waals surface area (Å²) in [6.07, 6.45) is 7.23. The van der Waals surface area contributed by atoms with E-state index in [1.165, 1.54) is 31.2 Å². The van der Waals surface area contributed by atoms with Crippen molar-refractivity contribution in [3.8, 4) is 0 Å². The van der Waals surface area contributed by atoms with E-state index >= 15 is 0 Å². The van der Waals surface area contributed by atoms with Crippen molar-refractivity contribution in [2.75, 3.05) is 6.54 Å². The van der Waals surface area contributed by atoms with E-state index in [4.69, 9.17) is 5.73 Å². The van der Waals surface area contributed by atoms with Crippen LogP contribution in [0.3, 0.4) is 0 Å². The second-order valence-corrected chi connectivity index (χ2v) is 4.98. The lowest BCUT2D eigenvalue weighted by atomic mass is 10.1. The van der Waals surface area contributed by atoms with E-state index in [0.29, 0.717) is 12.0 Å². The van der Waals surface area contributed by atoms with Gasteiger partial charge < -0.3 is 11.1 Å². The molecule has 3 nitrogen and oxygen atoms in total. The van der Waals surface area contributed by atoms with Gasteiger partial charge in [-0.1, -0.05) is 43.2 Å². The predicted octanol–water partition coefficient (Wildman–Crippen LogP) is 2.47. The number of hydrogen-bond donors (Lipinski definition) is 2. The quantitative estimate of drug-likeness (QED) is 0.475. The maximum Gasteiger partial charge on any atom is 0.188 e. The molecule has 1 aliphatic carbocycles. The van der Waals surface area contributed by atoms with Gasteiger partial charge in [-0.05, 0) is 31.2 Å². The summed E-state index contributed by atoms with van der Waals surface area (Å²) in [6.45, 7) is 0.806. The summed E-state index contributed by atoms with van der Waals surface area (Å²) in [5.41, 5.74) is 7.24. The van der Waals surface area contributed by atoms with Crippen LogP contribution in [0.5, 0.6) is 0 Å². The Morgan fingerprint density at radius 3 is 2.67 bits per heavy atom. The standard InChI is InChI=1S/C15H23N3/c16-15(18-14-10-4-5-11-14)17-12-6-9-13-7-2-1-3-8-13/h1-3,7-8,14H,4-6,9-12H2,(H3,16,17,18). The second-order valence-electron chi connectivity index (χ2n) is 4.98. The van der Waals surface area contributed by atoms with Gasteiger partial charge in [0.15, 0.2) is 5.96 Å². The highest BCUT2D eigenvalue weighted by molar-refractivity contribution is 5.78. The monoisotopic (exact) mass is 245 g/mol. The SMILES string of the molecule is NC(=NCCCc1ccccc1)NC1CCCC1. The van der Waals surface area contributed by atoms with Crippen molar-refractivity contribution in [2.45, 2.75) is 44.6 Å². The highest BCUT2D eigenvalue weighted by Gasteiger charge is 2.14. The topological polar surface area (TPSA) is 50.4 Å². The fourth-order valence-corrected chi connectivity index (χ4v) is 2.45. The number of guanidine groups is 1. The molecule has 0 radical (unpaired) electrons. The highest BCUT2D eigenvalue weighted by atomic mass is 15.1. The molecule has 18 heavy (non-hydrogen) atoms. The number of aliphatic imine (C=N–C) groups is 1. The zero-order valence-corrected chi connectivity index (χ0v) is 10.9. The van der Waals surface area contributed by atoms with E-state index in [-0.39, 0.29) is 0 Å². The summed E-state index contributed by atoms with van der Waals surface area (Å²) in [4.78, 5) is 4.39. The van der Waals surface area contributed by atoms with Crippen molar-refractivity contribution < 1.29 is 0 Å². The number of hydrogen-bond acceptors (Lipinski definition) is 1. The average molecular weight is 245 g/mol. The first kappa shape index (κ1) is 12.9. The van der Waals surface area contributed by atoms with E-state index in [1.54, 1.807) is 0 Å². The first-order valence-electron chi connectivity index (χ1n) is 6.95. The number of rotatable bonds is 5. The molecule has 0 amide bonds. The molecule has 0 saturated heterocycles. The summed E-state index contributed by atoms with van der Waals surface area (Å²) in [6, 6.07) is 11.1. The molecule has 3 N–H and O–H groups in total. The first-order chi connectivity index (χ1) is 8.84. The lowest BCUT2D eigenvalue weighted by Gasteiger charge is -2.12. The van der Waals surface area contributed by atoms with E-state index in [9.17, 15) is 0 Å². The van der Waals surface area contributed by atoms with Crippen molar-refractivity contribution in [3.63, 3.8) is 0 Å². The number of benzene rings is 1. The van der Waals surface area contributed by atoms with Crippen LogP contribution >= 0.6 is 0 Å². The molecule has 98 valence electrons. The fourth-order valence-electron chi connectivity index (χ4n) is 2.45. The Morgan fingerprint density at radius 2 is 1.94 bits per heavy atom. The largest absolute Gasteiger partial charge is 0.370 e. The van der Waals surface area contributed by atoms with Crippen LogP contribution < -0.4 is 11.1 Å². The molecule has 0 bridgehead atoms. The van der Waals surface area contributed by atoms with Crippen molar-refractivity contribution >= 4 is 5.96 Å². The van der Waals surface area contributed by atoms with E-state index in [1.807, 2.05) is 6.07 Å². The van der Waals surface area contributed by atoms with Crippen molar-refractivity contribution in [2.24, 2.45) is 10.7 Å². The summed E-state index contributed by atoms with van der Waals surface area (Å²) in [5, 5.41) is 3.31. The average Bonchev–Trinajstić information content (AvgIpc) is 2.89. The Hall–Kier alpha value is -1.51. The Morgan fingerprint density at radius 1 is 1.22 bits per heavy atom. The van der Waals surface area contributed by atoms with Gasteiger partial charge in [-0.3, -0.25) is 4.99 Å². The minimum atomic E-state index is 0.558. The van der Waals surface area contributed by atoms with Gasteiger partial charge in [0.1, 0.15) is 0 Å². The molecule has 0 atom stereocenters. The molecule has 0 heterocycles. The molecule has 0 unspecified atom stereocenters. The smallest absolute Gasteiger partial charge is 0.188 e. The van der Waals surface area contributed by atoms with Gasteiger partial charge >= 0.3 is 0 Å². The highest BCUT2D eigenvalue weighted by Crippen LogP contribution is 2.17. The van der Waals surface area contributed by atoms with E-state index in [0.717, 1.165) is 19.4 Å².